The Morgan fingerprint density at radius 2 is 1.81 bits per heavy atom. The lowest BCUT2D eigenvalue weighted by Gasteiger charge is -2.16. The number of nitrogens with zero attached hydrogens (tertiary/aromatic N) is 1. The number of benzene rings is 3. The molecule has 7 heteroatoms. The lowest BCUT2D eigenvalue weighted by molar-refractivity contribution is 0.0697. The van der Waals surface area contributed by atoms with Crippen LogP contribution in [-0.4, -0.2) is 22.7 Å². The molecule has 2 N–H and O–H groups in total. The van der Waals surface area contributed by atoms with Crippen LogP contribution in [0, 0.1) is 0 Å². The first-order valence-electron chi connectivity index (χ1n) is 9.91. The van der Waals surface area contributed by atoms with E-state index in [1.807, 2.05) is 55.5 Å². The second-order valence-electron chi connectivity index (χ2n) is 6.84. The largest absolute Gasteiger partial charge is 0.490 e. The fourth-order valence-electron chi connectivity index (χ4n) is 3.12. The second kappa shape index (κ2) is 9.57. The van der Waals surface area contributed by atoms with E-state index in [1.165, 1.54) is 0 Å². The highest BCUT2D eigenvalue weighted by Gasteiger charge is 2.23. The summed E-state index contributed by atoms with van der Waals surface area (Å²) in [6.07, 6.45) is 0. The summed E-state index contributed by atoms with van der Waals surface area (Å²) in [6.45, 7) is 2.77. The number of rotatable bonds is 8. The van der Waals surface area contributed by atoms with Crippen LogP contribution in [0.15, 0.2) is 77.9 Å². The number of hydrogen-bond donors (Lipinski definition) is 2. The summed E-state index contributed by atoms with van der Waals surface area (Å²) in [5.74, 6) is 0.359. The molecule has 0 radical (unpaired) electrons. The van der Waals surface area contributed by atoms with E-state index in [0.717, 1.165) is 21.7 Å². The van der Waals surface area contributed by atoms with E-state index in [1.54, 1.807) is 36.0 Å². The molecule has 158 valence electrons. The fourth-order valence-corrected chi connectivity index (χ4v) is 4.11. The molecule has 0 amide bonds. The molecule has 0 unspecified atom stereocenters. The lowest BCUT2D eigenvalue weighted by Crippen LogP contribution is -2.08. The minimum Gasteiger partial charge on any atom is -0.490 e. The SMILES string of the molecule is CCOc1cc([C@H]2NN=C(c3ccccc3)S2)ccc1OCc1ccc(C(=O)O)cc1. The number of ether oxygens (including phenoxy) is 2. The summed E-state index contributed by atoms with van der Waals surface area (Å²) in [5.41, 5.74) is 6.45. The number of carboxylic acid groups (broad SMARTS) is 1. The average molecular weight is 435 g/mol. The summed E-state index contributed by atoms with van der Waals surface area (Å²) in [4.78, 5) is 11.0. The van der Waals surface area contributed by atoms with Crippen LogP contribution in [-0.2, 0) is 6.61 Å². The third-order valence-electron chi connectivity index (χ3n) is 4.70. The van der Waals surface area contributed by atoms with Gasteiger partial charge in [-0.05, 0) is 42.3 Å². The Labute approximate surface area is 184 Å². The number of thioether (sulfide) groups is 1. The first kappa shape index (κ1) is 20.8. The highest BCUT2D eigenvalue weighted by Crippen LogP contribution is 2.38. The fraction of sp³-hybridized carbons (Fsp3) is 0.167. The predicted octanol–water partition coefficient (Wildman–Crippen LogP) is 5.06. The average Bonchev–Trinajstić information content (AvgIpc) is 3.30. The first-order valence-corrected chi connectivity index (χ1v) is 10.8. The van der Waals surface area contributed by atoms with Gasteiger partial charge in [-0.2, -0.15) is 5.10 Å². The van der Waals surface area contributed by atoms with E-state index >= 15 is 0 Å². The third kappa shape index (κ3) is 5.00. The predicted molar refractivity (Wildman–Crippen MR) is 122 cm³/mol. The molecule has 1 aliphatic heterocycles. The zero-order valence-corrected chi connectivity index (χ0v) is 17.8. The van der Waals surface area contributed by atoms with Crippen molar-refractivity contribution in [1.82, 2.24) is 5.43 Å². The number of carboxylic acids is 1. The molecule has 0 bridgehead atoms. The van der Waals surface area contributed by atoms with Crippen LogP contribution < -0.4 is 14.9 Å². The molecule has 1 heterocycles. The molecule has 1 atom stereocenters. The van der Waals surface area contributed by atoms with Crippen LogP contribution in [0.2, 0.25) is 0 Å². The Morgan fingerprint density at radius 1 is 1.03 bits per heavy atom. The minimum absolute atomic E-state index is 0.00738. The Morgan fingerprint density at radius 3 is 2.52 bits per heavy atom. The maximum Gasteiger partial charge on any atom is 0.335 e. The minimum atomic E-state index is -0.945. The number of nitrogens with one attached hydrogen (secondary N) is 1. The van der Waals surface area contributed by atoms with E-state index in [-0.39, 0.29) is 10.9 Å². The van der Waals surface area contributed by atoms with Gasteiger partial charge in [-0.15, -0.1) is 0 Å². The maximum absolute atomic E-state index is 11.0. The molecule has 0 saturated heterocycles. The van der Waals surface area contributed by atoms with Crippen molar-refractivity contribution in [3.63, 3.8) is 0 Å². The summed E-state index contributed by atoms with van der Waals surface area (Å²) < 4.78 is 11.8. The van der Waals surface area contributed by atoms with Crippen molar-refractivity contribution in [2.75, 3.05) is 6.61 Å². The standard InChI is InChI=1S/C24H22N2O4S/c1-2-29-21-14-19(23-26-25-22(31-23)17-6-4-3-5-7-17)12-13-20(21)30-15-16-8-10-18(11-9-16)24(27)28/h3-14,23,26H,2,15H2,1H3,(H,27,28)/t23-/m0/s1. The molecule has 6 nitrogen and oxygen atoms in total. The molecule has 1 aliphatic rings. The Bertz CT molecular complexity index is 1080. The second-order valence-corrected chi connectivity index (χ2v) is 7.93. The van der Waals surface area contributed by atoms with Crippen LogP contribution in [0.3, 0.4) is 0 Å². The number of aromatic carboxylic acids is 1. The van der Waals surface area contributed by atoms with Gasteiger partial charge in [0.1, 0.15) is 17.0 Å². The van der Waals surface area contributed by atoms with Gasteiger partial charge in [-0.1, -0.05) is 60.3 Å². The Balaban J connectivity index is 1.45. The topological polar surface area (TPSA) is 80.1 Å². The molecule has 0 aromatic heterocycles. The highest BCUT2D eigenvalue weighted by atomic mass is 32.2. The molecule has 0 fully saturated rings. The number of hydrogen-bond acceptors (Lipinski definition) is 6. The van der Waals surface area contributed by atoms with Gasteiger partial charge in [0.05, 0.1) is 12.2 Å². The van der Waals surface area contributed by atoms with Crippen LogP contribution in [0.4, 0.5) is 0 Å². The summed E-state index contributed by atoms with van der Waals surface area (Å²) >= 11 is 1.66. The van der Waals surface area contributed by atoms with Crippen molar-refractivity contribution < 1.29 is 19.4 Å². The van der Waals surface area contributed by atoms with Crippen LogP contribution >= 0.6 is 11.8 Å². The van der Waals surface area contributed by atoms with E-state index in [0.29, 0.717) is 24.7 Å². The van der Waals surface area contributed by atoms with Gasteiger partial charge >= 0.3 is 5.97 Å². The molecule has 3 aromatic rings. The van der Waals surface area contributed by atoms with E-state index in [4.69, 9.17) is 14.6 Å². The molecule has 0 spiro atoms. The Kier molecular flexibility index (Phi) is 6.43. The van der Waals surface area contributed by atoms with Crippen molar-refractivity contribution in [2.45, 2.75) is 18.9 Å². The zero-order valence-electron chi connectivity index (χ0n) is 16.9. The molecule has 3 aromatic carbocycles. The zero-order chi connectivity index (χ0) is 21.6. The normalized spacial score (nSPS) is 15.1. The molecule has 0 saturated carbocycles. The van der Waals surface area contributed by atoms with Gasteiger partial charge < -0.3 is 14.6 Å². The van der Waals surface area contributed by atoms with Crippen LogP contribution in [0.1, 0.15) is 39.3 Å². The molecular formula is C24H22N2O4S. The lowest BCUT2D eigenvalue weighted by atomic mass is 10.1. The van der Waals surface area contributed by atoms with Gasteiger partial charge in [0.25, 0.3) is 0 Å². The number of hydrazone groups is 1. The van der Waals surface area contributed by atoms with Gasteiger partial charge in [-0.25, -0.2) is 4.79 Å². The van der Waals surface area contributed by atoms with Crippen molar-refractivity contribution in [1.29, 1.82) is 0 Å². The molecule has 4 rings (SSSR count). The molecule has 0 aliphatic carbocycles. The molecule has 31 heavy (non-hydrogen) atoms. The van der Waals surface area contributed by atoms with Crippen LogP contribution in [0.5, 0.6) is 11.5 Å². The van der Waals surface area contributed by atoms with Crippen LogP contribution in [0.25, 0.3) is 0 Å². The van der Waals surface area contributed by atoms with E-state index in [2.05, 4.69) is 10.5 Å². The van der Waals surface area contributed by atoms with E-state index < -0.39 is 5.97 Å². The van der Waals surface area contributed by atoms with Crippen molar-refractivity contribution in [3.8, 4) is 11.5 Å². The monoisotopic (exact) mass is 434 g/mol. The molecular weight excluding hydrogens is 412 g/mol. The summed E-state index contributed by atoms with van der Waals surface area (Å²) in [6, 6.07) is 22.6. The van der Waals surface area contributed by atoms with Gasteiger partial charge in [-0.3, -0.25) is 5.43 Å². The summed E-state index contributed by atoms with van der Waals surface area (Å²) in [5, 5.41) is 14.4. The highest BCUT2D eigenvalue weighted by molar-refractivity contribution is 8.14. The Hall–Kier alpha value is -3.45. The third-order valence-corrected chi connectivity index (χ3v) is 5.86. The van der Waals surface area contributed by atoms with E-state index in [9.17, 15) is 4.79 Å². The first-order chi connectivity index (χ1) is 15.1. The van der Waals surface area contributed by atoms with Gasteiger partial charge in [0.2, 0.25) is 0 Å². The smallest absolute Gasteiger partial charge is 0.335 e. The van der Waals surface area contributed by atoms with Crippen molar-refractivity contribution >= 4 is 22.8 Å². The van der Waals surface area contributed by atoms with Gasteiger partial charge in [0.15, 0.2) is 11.5 Å². The van der Waals surface area contributed by atoms with Crippen molar-refractivity contribution in [2.24, 2.45) is 5.10 Å². The number of carbonyl (C=O) groups is 1. The van der Waals surface area contributed by atoms with Gasteiger partial charge in [0, 0.05) is 5.56 Å². The summed E-state index contributed by atoms with van der Waals surface area (Å²) in [7, 11) is 0. The maximum atomic E-state index is 11.0. The quantitative estimate of drug-likeness (QED) is 0.516. The van der Waals surface area contributed by atoms with Crippen molar-refractivity contribution in [3.05, 3.63) is 95.1 Å².